The average molecular weight is 322 g/mol. The number of likely N-dealkylation sites (N-methyl/N-ethyl adjacent to an activating group) is 1. The van der Waals surface area contributed by atoms with E-state index in [1.807, 2.05) is 55.5 Å². The first-order valence-electron chi connectivity index (χ1n) is 8.08. The summed E-state index contributed by atoms with van der Waals surface area (Å²) in [4.78, 5) is 17.6. The van der Waals surface area contributed by atoms with Gasteiger partial charge in [0.15, 0.2) is 0 Å². The summed E-state index contributed by atoms with van der Waals surface area (Å²) >= 11 is 0. The number of aromatic amines is 1. The van der Waals surface area contributed by atoms with E-state index in [0.29, 0.717) is 18.7 Å². The number of amides is 1. The van der Waals surface area contributed by atoms with Gasteiger partial charge in [-0.3, -0.25) is 4.79 Å². The van der Waals surface area contributed by atoms with Crippen LogP contribution in [0.3, 0.4) is 0 Å². The number of H-pyrrole nitrogens is 1. The van der Waals surface area contributed by atoms with Crippen LogP contribution in [0.25, 0.3) is 10.9 Å². The molecule has 0 unspecified atom stereocenters. The van der Waals surface area contributed by atoms with Crippen molar-refractivity contribution >= 4 is 16.8 Å². The van der Waals surface area contributed by atoms with E-state index in [1.54, 1.807) is 11.9 Å². The van der Waals surface area contributed by atoms with Gasteiger partial charge in [-0.15, -0.1) is 0 Å². The number of nitrogens with zero attached hydrogens (tertiary/aromatic N) is 1. The van der Waals surface area contributed by atoms with Gasteiger partial charge in [-0.2, -0.15) is 0 Å². The largest absolute Gasteiger partial charge is 0.492 e. The molecule has 4 heteroatoms. The maximum absolute atomic E-state index is 12.6. The van der Waals surface area contributed by atoms with E-state index in [1.165, 1.54) is 5.56 Å². The summed E-state index contributed by atoms with van der Waals surface area (Å²) in [5.41, 5.74) is 4.09. The molecule has 24 heavy (non-hydrogen) atoms. The fourth-order valence-corrected chi connectivity index (χ4v) is 2.73. The predicted molar refractivity (Wildman–Crippen MR) is 96.7 cm³/mol. The highest BCUT2D eigenvalue weighted by atomic mass is 16.5. The Bertz CT molecular complexity index is 853. The lowest BCUT2D eigenvalue weighted by Gasteiger charge is -2.17. The molecule has 0 aliphatic carbocycles. The topological polar surface area (TPSA) is 45.3 Å². The molecule has 3 rings (SSSR count). The van der Waals surface area contributed by atoms with E-state index in [4.69, 9.17) is 4.74 Å². The molecule has 0 saturated carbocycles. The number of nitrogens with one attached hydrogen (secondary N) is 1. The zero-order chi connectivity index (χ0) is 17.1. The van der Waals surface area contributed by atoms with Gasteiger partial charge in [-0.05, 0) is 49.7 Å². The van der Waals surface area contributed by atoms with E-state index in [9.17, 15) is 4.79 Å². The number of aryl methyl sites for hydroxylation is 2. The molecule has 124 valence electrons. The van der Waals surface area contributed by atoms with Crippen molar-refractivity contribution in [3.05, 3.63) is 65.4 Å². The lowest BCUT2D eigenvalue weighted by Crippen LogP contribution is -2.30. The molecule has 3 aromatic rings. The van der Waals surface area contributed by atoms with E-state index in [0.717, 1.165) is 22.3 Å². The first-order chi connectivity index (χ1) is 11.6. The van der Waals surface area contributed by atoms with Gasteiger partial charge in [0.2, 0.25) is 0 Å². The number of rotatable bonds is 5. The van der Waals surface area contributed by atoms with E-state index in [-0.39, 0.29) is 5.91 Å². The Morgan fingerprint density at radius 3 is 2.62 bits per heavy atom. The monoisotopic (exact) mass is 322 g/mol. The molecule has 1 aromatic heterocycles. The molecule has 0 atom stereocenters. The lowest BCUT2D eigenvalue weighted by atomic mass is 10.1. The Hall–Kier alpha value is -2.75. The van der Waals surface area contributed by atoms with Crippen LogP contribution in [-0.2, 0) is 0 Å². The van der Waals surface area contributed by atoms with Crippen LogP contribution in [0.2, 0.25) is 0 Å². The van der Waals surface area contributed by atoms with Crippen molar-refractivity contribution in [2.24, 2.45) is 0 Å². The highest BCUT2D eigenvalue weighted by molar-refractivity contribution is 5.98. The van der Waals surface area contributed by atoms with Gasteiger partial charge < -0.3 is 14.6 Å². The molecule has 2 aromatic carbocycles. The predicted octanol–water partition coefficient (Wildman–Crippen LogP) is 3.94. The van der Waals surface area contributed by atoms with Crippen LogP contribution in [0.15, 0.2) is 48.5 Å². The quantitative estimate of drug-likeness (QED) is 0.773. The van der Waals surface area contributed by atoms with Gasteiger partial charge in [0.25, 0.3) is 5.91 Å². The van der Waals surface area contributed by atoms with E-state index in [2.05, 4.69) is 11.9 Å². The second-order valence-electron chi connectivity index (χ2n) is 6.02. The molecule has 0 aliphatic rings. The Morgan fingerprint density at radius 1 is 1.12 bits per heavy atom. The second-order valence-corrected chi connectivity index (χ2v) is 6.02. The molecule has 0 aliphatic heterocycles. The lowest BCUT2D eigenvalue weighted by molar-refractivity contribution is 0.0774. The van der Waals surface area contributed by atoms with Crippen molar-refractivity contribution < 1.29 is 9.53 Å². The van der Waals surface area contributed by atoms with Crippen LogP contribution in [0.5, 0.6) is 5.75 Å². The van der Waals surface area contributed by atoms with Crippen LogP contribution in [-0.4, -0.2) is 36.0 Å². The van der Waals surface area contributed by atoms with Gasteiger partial charge in [-0.1, -0.05) is 18.2 Å². The van der Waals surface area contributed by atoms with Crippen molar-refractivity contribution in [2.45, 2.75) is 13.8 Å². The number of para-hydroxylation sites is 1. The van der Waals surface area contributed by atoms with Gasteiger partial charge in [0, 0.05) is 29.2 Å². The first kappa shape index (κ1) is 16.1. The van der Waals surface area contributed by atoms with Crippen LogP contribution >= 0.6 is 0 Å². The Labute approximate surface area is 142 Å². The molecule has 0 spiro atoms. The van der Waals surface area contributed by atoms with Gasteiger partial charge >= 0.3 is 0 Å². The average Bonchev–Trinajstić information content (AvgIpc) is 2.89. The second kappa shape index (κ2) is 6.79. The van der Waals surface area contributed by atoms with Crippen LogP contribution < -0.4 is 4.74 Å². The van der Waals surface area contributed by atoms with Crippen LogP contribution in [0.1, 0.15) is 21.6 Å². The van der Waals surface area contributed by atoms with Crippen molar-refractivity contribution in [3.63, 3.8) is 0 Å². The van der Waals surface area contributed by atoms with Crippen molar-refractivity contribution in [2.75, 3.05) is 20.2 Å². The zero-order valence-corrected chi connectivity index (χ0v) is 14.3. The maximum atomic E-state index is 12.6. The Kier molecular flexibility index (Phi) is 4.56. The summed E-state index contributed by atoms with van der Waals surface area (Å²) in [6.07, 6.45) is 0. The number of fused-ring (bicyclic) bond motifs is 1. The Morgan fingerprint density at radius 2 is 1.88 bits per heavy atom. The minimum atomic E-state index is 0.00631. The highest BCUT2D eigenvalue weighted by Crippen LogP contribution is 2.22. The smallest absolute Gasteiger partial charge is 0.253 e. The van der Waals surface area contributed by atoms with Gasteiger partial charge in [0.1, 0.15) is 12.4 Å². The molecule has 0 bridgehead atoms. The molecule has 0 radical (unpaired) electrons. The number of hydrogen-bond acceptors (Lipinski definition) is 2. The molecule has 1 heterocycles. The third-order valence-electron chi connectivity index (χ3n) is 4.34. The normalized spacial score (nSPS) is 10.8. The first-order valence-corrected chi connectivity index (χ1v) is 8.08. The standard InChI is InChI=1S/C20H22N2O2/c1-14-15(2)21-19-10-9-16(13-18(14)19)20(23)22(3)11-12-24-17-7-5-4-6-8-17/h4-10,13,21H,11-12H2,1-3H3. The van der Waals surface area contributed by atoms with Gasteiger partial charge in [-0.25, -0.2) is 0 Å². The fraction of sp³-hybridized carbons (Fsp3) is 0.250. The van der Waals surface area contributed by atoms with Crippen molar-refractivity contribution in [1.82, 2.24) is 9.88 Å². The third-order valence-corrected chi connectivity index (χ3v) is 4.34. The van der Waals surface area contributed by atoms with E-state index >= 15 is 0 Å². The molecular weight excluding hydrogens is 300 g/mol. The van der Waals surface area contributed by atoms with E-state index < -0.39 is 0 Å². The minimum absolute atomic E-state index is 0.00631. The third kappa shape index (κ3) is 3.27. The summed E-state index contributed by atoms with van der Waals surface area (Å²) < 4.78 is 5.66. The number of aromatic nitrogens is 1. The summed E-state index contributed by atoms with van der Waals surface area (Å²) in [6.45, 7) is 5.12. The summed E-state index contributed by atoms with van der Waals surface area (Å²) in [6, 6.07) is 15.4. The van der Waals surface area contributed by atoms with Gasteiger partial charge in [0.05, 0.1) is 6.54 Å². The highest BCUT2D eigenvalue weighted by Gasteiger charge is 2.14. The molecule has 0 fully saturated rings. The molecule has 4 nitrogen and oxygen atoms in total. The van der Waals surface area contributed by atoms with Crippen LogP contribution in [0.4, 0.5) is 0 Å². The minimum Gasteiger partial charge on any atom is -0.492 e. The van der Waals surface area contributed by atoms with Crippen molar-refractivity contribution in [1.29, 1.82) is 0 Å². The molecule has 1 N–H and O–H groups in total. The summed E-state index contributed by atoms with van der Waals surface area (Å²) in [5.74, 6) is 0.824. The number of benzene rings is 2. The van der Waals surface area contributed by atoms with Crippen molar-refractivity contribution in [3.8, 4) is 5.75 Å². The summed E-state index contributed by atoms with van der Waals surface area (Å²) in [5, 5.41) is 1.10. The maximum Gasteiger partial charge on any atom is 0.253 e. The molecular formula is C20H22N2O2. The zero-order valence-electron chi connectivity index (χ0n) is 14.3. The van der Waals surface area contributed by atoms with Crippen LogP contribution in [0, 0.1) is 13.8 Å². The number of carbonyl (C=O) groups excluding carboxylic acids is 1. The Balaban J connectivity index is 1.66. The molecule has 0 saturated heterocycles. The SMILES string of the molecule is Cc1[nH]c2ccc(C(=O)N(C)CCOc3ccccc3)cc2c1C. The fourth-order valence-electron chi connectivity index (χ4n) is 2.73. The number of ether oxygens (including phenoxy) is 1. The number of carbonyl (C=O) groups is 1. The number of hydrogen-bond donors (Lipinski definition) is 1. The molecule has 1 amide bonds. The summed E-state index contributed by atoms with van der Waals surface area (Å²) in [7, 11) is 1.80.